The zero-order valence-electron chi connectivity index (χ0n) is 5.16. The molecule has 0 aromatic carbocycles. The summed E-state index contributed by atoms with van der Waals surface area (Å²) in [6.45, 7) is 0. The minimum absolute atomic E-state index is 0.417. The fourth-order valence-corrected chi connectivity index (χ4v) is 0.360. The molecule has 0 aromatic rings. The summed E-state index contributed by atoms with van der Waals surface area (Å²) < 4.78 is 34.9. The van der Waals surface area contributed by atoms with Crippen LogP contribution in [0, 0.1) is 11.3 Å². The molecule has 0 bridgehead atoms. The SMILES string of the molecule is CN/C(=C\C#N)C(F)(F)F. The highest BCUT2D eigenvalue weighted by Gasteiger charge is 2.32. The smallest absolute Gasteiger partial charge is 0.384 e. The van der Waals surface area contributed by atoms with Gasteiger partial charge in [-0.2, -0.15) is 18.4 Å². The van der Waals surface area contributed by atoms with Gasteiger partial charge in [-0.05, 0) is 0 Å². The molecular weight excluding hydrogens is 145 g/mol. The van der Waals surface area contributed by atoms with Crippen LogP contribution in [0.1, 0.15) is 0 Å². The Bertz CT molecular complexity index is 174. The Balaban J connectivity index is 4.41. The molecule has 0 heterocycles. The molecule has 56 valence electrons. The zero-order chi connectivity index (χ0) is 8.20. The second kappa shape index (κ2) is 3.11. The molecule has 0 atom stereocenters. The molecule has 10 heavy (non-hydrogen) atoms. The van der Waals surface area contributed by atoms with Crippen LogP contribution in [0.5, 0.6) is 0 Å². The van der Waals surface area contributed by atoms with Crippen LogP contribution in [0.4, 0.5) is 13.2 Å². The Labute approximate surface area is 55.9 Å². The molecule has 0 fully saturated rings. The van der Waals surface area contributed by atoms with Gasteiger partial charge in [0.25, 0.3) is 0 Å². The molecule has 1 N–H and O–H groups in total. The summed E-state index contributed by atoms with van der Waals surface area (Å²) in [5, 5.41) is 9.72. The first-order valence-electron chi connectivity index (χ1n) is 2.37. The highest BCUT2D eigenvalue weighted by molar-refractivity contribution is 5.15. The molecule has 0 aromatic heterocycles. The number of nitrogens with zero attached hydrogens (tertiary/aromatic N) is 1. The van der Waals surface area contributed by atoms with Gasteiger partial charge < -0.3 is 5.32 Å². The summed E-state index contributed by atoms with van der Waals surface area (Å²) >= 11 is 0. The molecule has 5 heteroatoms. The quantitative estimate of drug-likeness (QED) is 0.569. The minimum atomic E-state index is -4.45. The summed E-state index contributed by atoms with van der Waals surface area (Å²) in [5.74, 6) is 0. The van der Waals surface area contributed by atoms with E-state index in [1.165, 1.54) is 6.07 Å². The van der Waals surface area contributed by atoms with Gasteiger partial charge >= 0.3 is 6.18 Å². The van der Waals surface area contributed by atoms with Crippen molar-refractivity contribution in [2.24, 2.45) is 0 Å². The summed E-state index contributed by atoms with van der Waals surface area (Å²) in [4.78, 5) is 0. The maximum atomic E-state index is 11.6. The lowest BCUT2D eigenvalue weighted by atomic mass is 10.4. The van der Waals surface area contributed by atoms with Gasteiger partial charge in [0, 0.05) is 13.1 Å². The average molecular weight is 150 g/mol. The Morgan fingerprint density at radius 2 is 2.10 bits per heavy atom. The van der Waals surface area contributed by atoms with Gasteiger partial charge in [0.1, 0.15) is 5.70 Å². The lowest BCUT2D eigenvalue weighted by Gasteiger charge is -2.07. The van der Waals surface area contributed by atoms with Crippen LogP contribution in [0.15, 0.2) is 11.8 Å². The second-order valence-corrected chi connectivity index (χ2v) is 1.43. The highest BCUT2D eigenvalue weighted by atomic mass is 19.4. The summed E-state index contributed by atoms with van der Waals surface area (Å²) in [6, 6.07) is 1.28. The maximum absolute atomic E-state index is 11.6. The number of allylic oxidation sites excluding steroid dienone is 2. The molecule has 0 unspecified atom stereocenters. The molecular formula is C5H5F3N2. The Morgan fingerprint density at radius 3 is 2.20 bits per heavy atom. The molecule has 0 saturated heterocycles. The van der Waals surface area contributed by atoms with Gasteiger partial charge in [0.15, 0.2) is 0 Å². The maximum Gasteiger partial charge on any atom is 0.431 e. The van der Waals surface area contributed by atoms with Crippen LogP contribution in [0.3, 0.4) is 0 Å². The van der Waals surface area contributed by atoms with Crippen LogP contribution in [0.2, 0.25) is 0 Å². The molecule has 0 rings (SSSR count). The predicted molar refractivity (Wildman–Crippen MR) is 28.8 cm³/mol. The van der Waals surface area contributed by atoms with Crippen LogP contribution in [-0.2, 0) is 0 Å². The van der Waals surface area contributed by atoms with Gasteiger partial charge in [0.2, 0.25) is 0 Å². The number of hydrogen-bond acceptors (Lipinski definition) is 2. The summed E-state index contributed by atoms with van der Waals surface area (Å²) in [7, 11) is 1.11. The second-order valence-electron chi connectivity index (χ2n) is 1.43. The Morgan fingerprint density at radius 1 is 1.60 bits per heavy atom. The predicted octanol–water partition coefficient (Wildman–Crippen LogP) is 1.18. The number of nitriles is 1. The monoisotopic (exact) mass is 150 g/mol. The Kier molecular flexibility index (Phi) is 2.74. The van der Waals surface area contributed by atoms with Crippen LogP contribution >= 0.6 is 0 Å². The van der Waals surface area contributed by atoms with E-state index in [9.17, 15) is 13.2 Å². The van der Waals surface area contributed by atoms with Crippen LogP contribution in [-0.4, -0.2) is 13.2 Å². The van der Waals surface area contributed by atoms with Crippen molar-refractivity contribution < 1.29 is 13.2 Å². The van der Waals surface area contributed by atoms with Crippen LogP contribution in [0.25, 0.3) is 0 Å². The van der Waals surface area contributed by atoms with Crippen molar-refractivity contribution in [1.29, 1.82) is 5.26 Å². The standard InChI is InChI=1S/C5H5F3N2/c1-10-4(2-3-9)5(6,7)8/h2,10H,1H3/b4-2-. The molecule has 0 radical (unpaired) electrons. The van der Waals surface area contributed by atoms with Gasteiger partial charge in [0.05, 0.1) is 6.07 Å². The van der Waals surface area contributed by atoms with E-state index in [1.54, 1.807) is 0 Å². The topological polar surface area (TPSA) is 35.8 Å². The van der Waals surface area contributed by atoms with Gasteiger partial charge in [-0.3, -0.25) is 0 Å². The normalized spacial score (nSPS) is 12.5. The van der Waals surface area contributed by atoms with E-state index in [1.807, 2.05) is 5.32 Å². The van der Waals surface area contributed by atoms with E-state index in [-0.39, 0.29) is 0 Å². The Hall–Kier alpha value is -1.18. The third kappa shape index (κ3) is 2.40. The molecule has 0 aliphatic carbocycles. The van der Waals surface area contributed by atoms with Crippen molar-refractivity contribution in [3.05, 3.63) is 11.8 Å². The lowest BCUT2D eigenvalue weighted by Crippen LogP contribution is -2.22. The van der Waals surface area contributed by atoms with E-state index in [4.69, 9.17) is 5.26 Å². The fraction of sp³-hybridized carbons (Fsp3) is 0.400. The summed E-state index contributed by atoms with van der Waals surface area (Å²) in [6.07, 6.45) is -4.04. The number of alkyl halides is 3. The van der Waals surface area contributed by atoms with Crippen molar-refractivity contribution in [2.75, 3.05) is 7.05 Å². The number of hydrogen-bond donors (Lipinski definition) is 1. The number of halogens is 3. The molecule has 0 saturated carbocycles. The highest BCUT2D eigenvalue weighted by Crippen LogP contribution is 2.22. The largest absolute Gasteiger partial charge is 0.431 e. The fourth-order valence-electron chi connectivity index (χ4n) is 0.360. The lowest BCUT2D eigenvalue weighted by molar-refractivity contribution is -0.0959. The molecule has 0 aliphatic rings. The number of rotatable bonds is 1. The van der Waals surface area contributed by atoms with E-state index < -0.39 is 11.9 Å². The third-order valence-corrected chi connectivity index (χ3v) is 0.784. The van der Waals surface area contributed by atoms with Gasteiger partial charge in [-0.25, -0.2) is 0 Å². The van der Waals surface area contributed by atoms with Crippen molar-refractivity contribution in [3.63, 3.8) is 0 Å². The van der Waals surface area contributed by atoms with Gasteiger partial charge in [-0.15, -0.1) is 0 Å². The van der Waals surface area contributed by atoms with Crippen molar-refractivity contribution in [1.82, 2.24) is 5.32 Å². The summed E-state index contributed by atoms with van der Waals surface area (Å²) in [5.41, 5.74) is -1.03. The molecule has 0 spiro atoms. The zero-order valence-corrected chi connectivity index (χ0v) is 5.16. The molecule has 2 nitrogen and oxygen atoms in total. The first-order valence-corrected chi connectivity index (χ1v) is 2.37. The molecule has 0 amide bonds. The van der Waals surface area contributed by atoms with Crippen molar-refractivity contribution in [3.8, 4) is 6.07 Å². The van der Waals surface area contributed by atoms with Crippen molar-refractivity contribution in [2.45, 2.75) is 6.18 Å². The van der Waals surface area contributed by atoms with E-state index in [2.05, 4.69) is 0 Å². The first kappa shape index (κ1) is 8.82. The third-order valence-electron chi connectivity index (χ3n) is 0.784. The van der Waals surface area contributed by atoms with E-state index in [0.29, 0.717) is 6.08 Å². The van der Waals surface area contributed by atoms with E-state index in [0.717, 1.165) is 7.05 Å². The number of nitrogens with one attached hydrogen (secondary N) is 1. The van der Waals surface area contributed by atoms with E-state index >= 15 is 0 Å². The van der Waals surface area contributed by atoms with Crippen molar-refractivity contribution >= 4 is 0 Å². The van der Waals surface area contributed by atoms with Gasteiger partial charge in [-0.1, -0.05) is 0 Å². The molecule has 0 aliphatic heterocycles. The first-order chi connectivity index (χ1) is 4.52. The average Bonchev–Trinajstić information content (AvgIpc) is 1.80. The van der Waals surface area contributed by atoms with Crippen LogP contribution < -0.4 is 5.32 Å². The minimum Gasteiger partial charge on any atom is -0.384 e.